The molecule has 0 spiro atoms. The lowest BCUT2D eigenvalue weighted by Gasteiger charge is -2.19. The third kappa shape index (κ3) is 3.21. The monoisotopic (exact) mass is 188 g/mol. The summed E-state index contributed by atoms with van der Waals surface area (Å²) in [6.07, 6.45) is 5.21. The predicted octanol–water partition coefficient (Wildman–Crippen LogP) is 1.25. The van der Waals surface area contributed by atoms with E-state index in [9.17, 15) is 0 Å². The molecule has 0 radical (unpaired) electrons. The van der Waals surface area contributed by atoms with Crippen molar-refractivity contribution in [1.29, 1.82) is 0 Å². The van der Waals surface area contributed by atoms with Crippen LogP contribution in [0.2, 0.25) is 0 Å². The Morgan fingerprint density at radius 1 is 1.43 bits per heavy atom. The summed E-state index contributed by atoms with van der Waals surface area (Å²) >= 11 is 0. The number of nitrogens with two attached hydrogens (primary N) is 1. The van der Waals surface area contributed by atoms with Crippen LogP contribution in [0.4, 0.5) is 0 Å². The summed E-state index contributed by atoms with van der Waals surface area (Å²) in [5, 5.41) is 0. The fourth-order valence-electron chi connectivity index (χ4n) is 1.36. The molecule has 0 saturated heterocycles. The molecule has 1 aromatic rings. The molecule has 2 nitrogen and oxygen atoms in total. The van der Waals surface area contributed by atoms with Crippen molar-refractivity contribution in [3.8, 4) is 12.3 Å². The third-order valence-corrected chi connectivity index (χ3v) is 2.10. The highest BCUT2D eigenvalue weighted by Crippen LogP contribution is 2.09. The van der Waals surface area contributed by atoms with Crippen LogP contribution in [0.15, 0.2) is 30.3 Å². The third-order valence-electron chi connectivity index (χ3n) is 2.10. The second kappa shape index (κ2) is 5.43. The maximum absolute atomic E-state index is 6.02. The van der Waals surface area contributed by atoms with Gasteiger partial charge in [0.1, 0.15) is 0 Å². The highest BCUT2D eigenvalue weighted by atomic mass is 15.1. The number of hydrogen-bond donors (Lipinski definition) is 1. The van der Waals surface area contributed by atoms with Crippen molar-refractivity contribution in [2.24, 2.45) is 5.73 Å². The summed E-state index contributed by atoms with van der Waals surface area (Å²) in [6, 6.07) is 10.1. The Morgan fingerprint density at radius 3 is 2.64 bits per heavy atom. The number of benzene rings is 1. The Bertz CT molecular complexity index is 300. The molecule has 2 N–H and O–H groups in total. The van der Waals surface area contributed by atoms with Gasteiger partial charge in [-0.25, -0.2) is 0 Å². The molecule has 0 aliphatic rings. The van der Waals surface area contributed by atoms with E-state index in [1.54, 1.807) is 0 Å². The minimum absolute atomic E-state index is 0.0366. The lowest BCUT2D eigenvalue weighted by atomic mass is 10.1. The van der Waals surface area contributed by atoms with E-state index in [1.807, 2.05) is 42.3 Å². The van der Waals surface area contributed by atoms with Crippen molar-refractivity contribution < 1.29 is 0 Å². The molecule has 1 aromatic carbocycles. The van der Waals surface area contributed by atoms with E-state index in [0.717, 1.165) is 12.1 Å². The molecule has 74 valence electrons. The normalized spacial score (nSPS) is 12.4. The van der Waals surface area contributed by atoms with Crippen LogP contribution in [0.1, 0.15) is 11.6 Å². The van der Waals surface area contributed by atoms with Gasteiger partial charge in [0.05, 0.1) is 6.54 Å². The van der Waals surface area contributed by atoms with Gasteiger partial charge in [-0.3, -0.25) is 4.90 Å². The highest BCUT2D eigenvalue weighted by molar-refractivity contribution is 5.18. The van der Waals surface area contributed by atoms with Gasteiger partial charge in [0.25, 0.3) is 0 Å². The summed E-state index contributed by atoms with van der Waals surface area (Å²) in [7, 11) is 1.97. The Balaban J connectivity index is 2.51. The standard InChI is InChI=1S/C12H16N2/c1-3-9-14(2)10-12(13)11-7-5-4-6-8-11/h1,4-8,12H,9-10,13H2,2H3. The number of rotatable bonds is 4. The number of hydrogen-bond acceptors (Lipinski definition) is 2. The molecule has 0 fully saturated rings. The molecule has 1 unspecified atom stereocenters. The molecule has 0 heterocycles. The summed E-state index contributed by atoms with van der Waals surface area (Å²) < 4.78 is 0. The van der Waals surface area contributed by atoms with Crippen molar-refractivity contribution in [2.45, 2.75) is 6.04 Å². The lowest BCUT2D eigenvalue weighted by molar-refractivity contribution is 0.349. The zero-order valence-corrected chi connectivity index (χ0v) is 8.48. The average molecular weight is 188 g/mol. The lowest BCUT2D eigenvalue weighted by Crippen LogP contribution is -2.29. The van der Waals surface area contributed by atoms with E-state index < -0.39 is 0 Å². The van der Waals surface area contributed by atoms with E-state index in [-0.39, 0.29) is 6.04 Å². The van der Waals surface area contributed by atoms with Gasteiger partial charge in [0, 0.05) is 12.6 Å². The second-order valence-corrected chi connectivity index (χ2v) is 3.42. The summed E-state index contributed by atoms with van der Waals surface area (Å²) in [5.74, 6) is 2.59. The fourth-order valence-corrected chi connectivity index (χ4v) is 1.36. The summed E-state index contributed by atoms with van der Waals surface area (Å²) in [5.41, 5.74) is 7.17. The van der Waals surface area contributed by atoms with Crippen molar-refractivity contribution in [2.75, 3.05) is 20.1 Å². The van der Waals surface area contributed by atoms with E-state index in [2.05, 4.69) is 5.92 Å². The van der Waals surface area contributed by atoms with Crippen LogP contribution >= 0.6 is 0 Å². The molecule has 1 atom stereocenters. The molecule has 1 rings (SSSR count). The van der Waals surface area contributed by atoms with Crippen LogP contribution in [-0.2, 0) is 0 Å². The van der Waals surface area contributed by atoms with E-state index >= 15 is 0 Å². The van der Waals surface area contributed by atoms with Gasteiger partial charge in [-0.2, -0.15) is 0 Å². The van der Waals surface area contributed by atoms with Crippen LogP contribution in [0.25, 0.3) is 0 Å². The number of likely N-dealkylation sites (N-methyl/N-ethyl adjacent to an activating group) is 1. The van der Waals surface area contributed by atoms with E-state index in [4.69, 9.17) is 12.2 Å². The summed E-state index contributed by atoms with van der Waals surface area (Å²) in [6.45, 7) is 1.43. The van der Waals surface area contributed by atoms with Crippen LogP contribution < -0.4 is 5.73 Å². The predicted molar refractivity (Wildman–Crippen MR) is 59.7 cm³/mol. The van der Waals surface area contributed by atoms with Crippen molar-refractivity contribution in [3.63, 3.8) is 0 Å². The SMILES string of the molecule is C#CCN(C)CC(N)c1ccccc1. The molecule has 0 aromatic heterocycles. The first-order valence-corrected chi connectivity index (χ1v) is 4.66. The second-order valence-electron chi connectivity index (χ2n) is 3.42. The van der Waals surface area contributed by atoms with Crippen molar-refractivity contribution in [1.82, 2.24) is 4.90 Å². The van der Waals surface area contributed by atoms with Crippen LogP contribution in [0.5, 0.6) is 0 Å². The molecular weight excluding hydrogens is 172 g/mol. The fraction of sp³-hybridized carbons (Fsp3) is 0.333. The quantitative estimate of drug-likeness (QED) is 0.721. The van der Waals surface area contributed by atoms with Crippen LogP contribution in [0.3, 0.4) is 0 Å². The largest absolute Gasteiger partial charge is 0.323 e. The maximum Gasteiger partial charge on any atom is 0.0597 e. The highest BCUT2D eigenvalue weighted by Gasteiger charge is 2.07. The Hall–Kier alpha value is -1.30. The first kappa shape index (κ1) is 10.8. The number of terminal acetylenes is 1. The van der Waals surface area contributed by atoms with Crippen molar-refractivity contribution in [3.05, 3.63) is 35.9 Å². The topological polar surface area (TPSA) is 29.3 Å². The Morgan fingerprint density at radius 2 is 2.07 bits per heavy atom. The first-order valence-electron chi connectivity index (χ1n) is 4.66. The van der Waals surface area contributed by atoms with E-state index in [1.165, 1.54) is 0 Å². The van der Waals surface area contributed by atoms with Crippen LogP contribution in [0, 0.1) is 12.3 Å². The van der Waals surface area contributed by atoms with Gasteiger partial charge >= 0.3 is 0 Å². The molecule has 2 heteroatoms. The van der Waals surface area contributed by atoms with Gasteiger partial charge in [0.15, 0.2) is 0 Å². The van der Waals surface area contributed by atoms with Crippen molar-refractivity contribution >= 4 is 0 Å². The molecule has 0 aliphatic heterocycles. The Labute approximate surface area is 85.7 Å². The number of nitrogens with zero attached hydrogens (tertiary/aromatic N) is 1. The van der Waals surface area contributed by atoms with Gasteiger partial charge in [-0.15, -0.1) is 6.42 Å². The molecule has 0 amide bonds. The van der Waals surface area contributed by atoms with Gasteiger partial charge in [-0.1, -0.05) is 36.3 Å². The zero-order chi connectivity index (χ0) is 10.4. The summed E-state index contributed by atoms with van der Waals surface area (Å²) in [4.78, 5) is 2.04. The maximum atomic E-state index is 6.02. The molecular formula is C12H16N2. The zero-order valence-electron chi connectivity index (χ0n) is 8.48. The van der Waals surface area contributed by atoms with Gasteiger partial charge in [0.2, 0.25) is 0 Å². The van der Waals surface area contributed by atoms with E-state index in [0.29, 0.717) is 6.54 Å². The minimum atomic E-state index is 0.0366. The first-order chi connectivity index (χ1) is 6.74. The molecule has 0 saturated carbocycles. The molecule has 0 bridgehead atoms. The Kier molecular flexibility index (Phi) is 4.18. The smallest absolute Gasteiger partial charge is 0.0597 e. The molecule has 14 heavy (non-hydrogen) atoms. The average Bonchev–Trinajstić information content (AvgIpc) is 2.19. The van der Waals surface area contributed by atoms with Crippen LogP contribution in [-0.4, -0.2) is 25.0 Å². The minimum Gasteiger partial charge on any atom is -0.323 e. The van der Waals surface area contributed by atoms with Gasteiger partial charge < -0.3 is 5.73 Å². The molecule has 0 aliphatic carbocycles. The van der Waals surface area contributed by atoms with Gasteiger partial charge in [-0.05, 0) is 12.6 Å².